The molecule has 1 aromatic heterocycles. The Bertz CT molecular complexity index is 1820. The van der Waals surface area contributed by atoms with E-state index in [4.69, 9.17) is 0 Å². The Morgan fingerprint density at radius 1 is 0.694 bits per heavy atom. The fourth-order valence-corrected chi connectivity index (χ4v) is 4.63. The van der Waals surface area contributed by atoms with E-state index in [-0.39, 0.29) is 5.82 Å². The van der Waals surface area contributed by atoms with E-state index in [9.17, 15) is 0 Å². The molecular weight excluding hydrogens is 443 g/mol. The van der Waals surface area contributed by atoms with Crippen molar-refractivity contribution in [1.29, 1.82) is 0 Å². The molecule has 0 aliphatic rings. The summed E-state index contributed by atoms with van der Waals surface area (Å²) in [5.41, 5.74) is 6.45. The van der Waals surface area contributed by atoms with Crippen LogP contribution in [0.1, 0.15) is 22.4 Å². The quantitative estimate of drug-likeness (QED) is 0.236. The first-order valence-electron chi connectivity index (χ1n) is 11.9. The number of hydrogen-bond donors (Lipinski definition) is 0. The van der Waals surface area contributed by atoms with E-state index in [1.54, 1.807) is 4.68 Å². The summed E-state index contributed by atoms with van der Waals surface area (Å²) >= 11 is 0. The molecule has 0 unspecified atom stereocenters. The Labute approximate surface area is 209 Å². The summed E-state index contributed by atoms with van der Waals surface area (Å²) in [4.78, 5) is 0. The van der Waals surface area contributed by atoms with Crippen molar-refractivity contribution in [1.82, 2.24) is 9.78 Å². The summed E-state index contributed by atoms with van der Waals surface area (Å²) in [7, 11) is 0. The van der Waals surface area contributed by atoms with Gasteiger partial charge in [-0.3, -0.25) is 0 Å². The Kier molecular flexibility index (Phi) is 5.36. The Hall–Kier alpha value is -4.68. The van der Waals surface area contributed by atoms with Crippen LogP contribution in [0.2, 0.25) is 0 Å². The Morgan fingerprint density at radius 2 is 1.44 bits per heavy atom. The molecule has 2 nitrogen and oxygen atoms in total. The van der Waals surface area contributed by atoms with Gasteiger partial charge in [0, 0.05) is 22.1 Å². The summed E-state index contributed by atoms with van der Waals surface area (Å²) < 4.78 is 17.6. The monoisotopic (exact) mass is 466 g/mol. The van der Waals surface area contributed by atoms with Crippen LogP contribution in [0.5, 0.6) is 0 Å². The molecule has 0 saturated heterocycles. The maximum absolute atomic E-state index is 15.9. The van der Waals surface area contributed by atoms with Gasteiger partial charge < -0.3 is 0 Å². The lowest BCUT2D eigenvalue weighted by Crippen LogP contribution is -1.99. The molecule has 0 radical (unpaired) electrons. The van der Waals surface area contributed by atoms with Crippen LogP contribution in [-0.4, -0.2) is 9.78 Å². The second kappa shape index (κ2) is 8.83. The average Bonchev–Trinajstić information content (AvgIpc) is 3.25. The van der Waals surface area contributed by atoms with Gasteiger partial charge in [-0.05, 0) is 72.1 Å². The van der Waals surface area contributed by atoms with Crippen LogP contribution >= 0.6 is 0 Å². The fourth-order valence-electron chi connectivity index (χ4n) is 4.63. The highest BCUT2D eigenvalue weighted by molar-refractivity contribution is 5.89. The average molecular weight is 467 g/mol. The Balaban J connectivity index is 1.35. The highest BCUT2D eigenvalue weighted by Crippen LogP contribution is 2.32. The Morgan fingerprint density at radius 3 is 2.25 bits per heavy atom. The normalized spacial score (nSPS) is 11.0. The van der Waals surface area contributed by atoms with Gasteiger partial charge in [-0.1, -0.05) is 78.6 Å². The molecule has 0 saturated carbocycles. The van der Waals surface area contributed by atoms with E-state index in [1.165, 1.54) is 10.8 Å². The molecule has 172 valence electrons. The molecule has 5 aromatic carbocycles. The lowest BCUT2D eigenvalue weighted by molar-refractivity contribution is 0.635. The third-order valence-electron chi connectivity index (χ3n) is 6.51. The molecule has 6 rings (SSSR count). The van der Waals surface area contributed by atoms with Crippen molar-refractivity contribution in [3.63, 3.8) is 0 Å². The largest absolute Gasteiger partial charge is 0.230 e. The summed E-state index contributed by atoms with van der Waals surface area (Å²) in [6, 6.07) is 33.9. The molecule has 36 heavy (non-hydrogen) atoms. The first kappa shape index (κ1) is 21.8. The van der Waals surface area contributed by atoms with Crippen LogP contribution in [0, 0.1) is 31.5 Å². The zero-order valence-electron chi connectivity index (χ0n) is 20.1. The lowest BCUT2D eigenvalue weighted by Gasteiger charge is -2.09. The predicted octanol–water partition coefficient (Wildman–Crippen LogP) is 8.00. The topological polar surface area (TPSA) is 17.8 Å². The minimum absolute atomic E-state index is 0.274. The third-order valence-corrected chi connectivity index (χ3v) is 6.51. The van der Waals surface area contributed by atoms with Gasteiger partial charge in [0.2, 0.25) is 0 Å². The van der Waals surface area contributed by atoms with Crippen LogP contribution in [-0.2, 0) is 0 Å². The molecule has 3 heteroatoms. The smallest absolute Gasteiger partial charge is 0.157 e. The first-order chi connectivity index (χ1) is 17.6. The van der Waals surface area contributed by atoms with Crippen molar-refractivity contribution in [2.45, 2.75) is 13.8 Å². The maximum atomic E-state index is 15.9. The minimum atomic E-state index is -0.274. The summed E-state index contributed by atoms with van der Waals surface area (Å²) in [5.74, 6) is 6.20. The molecule has 0 bridgehead atoms. The van der Waals surface area contributed by atoms with Gasteiger partial charge in [0.15, 0.2) is 5.82 Å². The number of aromatic nitrogens is 2. The van der Waals surface area contributed by atoms with E-state index >= 15 is 4.39 Å². The van der Waals surface area contributed by atoms with Crippen molar-refractivity contribution in [2.75, 3.05) is 0 Å². The van der Waals surface area contributed by atoms with Gasteiger partial charge in [-0.2, -0.15) is 5.10 Å². The number of benzene rings is 5. The molecule has 0 spiro atoms. The van der Waals surface area contributed by atoms with Crippen molar-refractivity contribution in [3.8, 4) is 28.7 Å². The van der Waals surface area contributed by atoms with Crippen LogP contribution in [0.4, 0.5) is 4.39 Å². The second-order valence-electron chi connectivity index (χ2n) is 9.05. The third kappa shape index (κ3) is 3.93. The number of rotatable bonds is 2. The van der Waals surface area contributed by atoms with E-state index in [2.05, 4.69) is 41.2 Å². The zero-order valence-corrected chi connectivity index (χ0v) is 20.1. The van der Waals surface area contributed by atoms with Crippen LogP contribution in [0.3, 0.4) is 0 Å². The van der Waals surface area contributed by atoms with E-state index < -0.39 is 0 Å². The lowest BCUT2D eigenvalue weighted by atomic mass is 10.0. The highest BCUT2D eigenvalue weighted by Gasteiger charge is 2.17. The molecule has 0 fully saturated rings. The molecule has 6 aromatic rings. The number of fused-ring (bicyclic) bond motifs is 2. The van der Waals surface area contributed by atoms with E-state index in [0.29, 0.717) is 11.1 Å². The van der Waals surface area contributed by atoms with Gasteiger partial charge in [-0.15, -0.1) is 0 Å². The fraction of sp³-hybridized carbons (Fsp3) is 0.0606. The van der Waals surface area contributed by atoms with E-state index in [1.807, 2.05) is 92.7 Å². The van der Waals surface area contributed by atoms with Crippen molar-refractivity contribution >= 4 is 21.7 Å². The highest BCUT2D eigenvalue weighted by atomic mass is 19.1. The molecule has 0 aliphatic carbocycles. The van der Waals surface area contributed by atoms with Crippen LogP contribution in [0.25, 0.3) is 38.5 Å². The van der Waals surface area contributed by atoms with Crippen LogP contribution < -0.4 is 0 Å². The standard InChI is InChI=1S/C33H23FN2/c1-22-6-5-9-29(20-22)36-33-30(23(2)35-36)18-19-31(32(33)34)27-16-12-24(13-17-27)10-11-25-14-15-26-7-3-4-8-28(26)21-25/h3-9,12-21H,1-2H3. The summed E-state index contributed by atoms with van der Waals surface area (Å²) in [6.45, 7) is 3.94. The van der Waals surface area contributed by atoms with Crippen molar-refractivity contribution in [2.24, 2.45) is 0 Å². The number of nitrogens with zero attached hydrogens (tertiary/aromatic N) is 2. The van der Waals surface area contributed by atoms with Crippen molar-refractivity contribution < 1.29 is 4.39 Å². The molecule has 0 amide bonds. The molecule has 0 atom stereocenters. The van der Waals surface area contributed by atoms with Gasteiger partial charge in [0.1, 0.15) is 5.52 Å². The van der Waals surface area contributed by atoms with Crippen molar-refractivity contribution in [3.05, 3.63) is 131 Å². The van der Waals surface area contributed by atoms with Gasteiger partial charge in [0.25, 0.3) is 0 Å². The molecule has 0 aliphatic heterocycles. The van der Waals surface area contributed by atoms with Crippen LogP contribution in [0.15, 0.2) is 103 Å². The van der Waals surface area contributed by atoms with E-state index in [0.717, 1.165) is 39.0 Å². The summed E-state index contributed by atoms with van der Waals surface area (Å²) in [5, 5.41) is 7.83. The molecular formula is C33H23FN2. The second-order valence-corrected chi connectivity index (χ2v) is 9.05. The molecule has 0 N–H and O–H groups in total. The van der Waals surface area contributed by atoms with Gasteiger partial charge in [0.05, 0.1) is 11.4 Å². The van der Waals surface area contributed by atoms with Gasteiger partial charge >= 0.3 is 0 Å². The first-order valence-corrected chi connectivity index (χ1v) is 11.9. The number of halogens is 1. The molecule has 1 heterocycles. The summed E-state index contributed by atoms with van der Waals surface area (Å²) in [6.07, 6.45) is 0. The zero-order chi connectivity index (χ0) is 24.6. The SMILES string of the molecule is Cc1cccc(-n2nc(C)c3ccc(-c4ccc(C#Cc5ccc6ccccc6c5)cc4)c(F)c32)c1. The maximum Gasteiger partial charge on any atom is 0.157 e. The number of aryl methyl sites for hydroxylation is 2. The van der Waals surface area contributed by atoms with Gasteiger partial charge in [-0.25, -0.2) is 9.07 Å². The predicted molar refractivity (Wildman–Crippen MR) is 146 cm³/mol. The number of hydrogen-bond acceptors (Lipinski definition) is 1. The minimum Gasteiger partial charge on any atom is -0.230 e.